The Morgan fingerprint density at radius 2 is 2.27 bits per heavy atom. The quantitative estimate of drug-likeness (QED) is 0.666. The first kappa shape index (κ1) is 12.2. The molecule has 0 bridgehead atoms. The van der Waals surface area contributed by atoms with E-state index in [-0.39, 0.29) is 0 Å². The minimum atomic E-state index is 0.561. The maximum Gasteiger partial charge on any atom is 0.137 e. The molecule has 1 aromatic rings. The van der Waals surface area contributed by atoms with Gasteiger partial charge in [0.25, 0.3) is 0 Å². The van der Waals surface area contributed by atoms with Crippen LogP contribution in [0.3, 0.4) is 0 Å². The highest BCUT2D eigenvalue weighted by Crippen LogP contribution is 1.96. The van der Waals surface area contributed by atoms with Crippen molar-refractivity contribution >= 4 is 0 Å². The molecule has 1 unspecified atom stereocenters. The van der Waals surface area contributed by atoms with E-state index in [4.69, 9.17) is 0 Å². The van der Waals surface area contributed by atoms with Gasteiger partial charge in [0, 0.05) is 12.6 Å². The van der Waals surface area contributed by atoms with Crippen LogP contribution in [-0.4, -0.2) is 27.4 Å². The van der Waals surface area contributed by atoms with Gasteiger partial charge in [-0.15, -0.1) is 0 Å². The fourth-order valence-electron chi connectivity index (χ4n) is 1.50. The van der Waals surface area contributed by atoms with Gasteiger partial charge in [-0.3, -0.25) is 4.68 Å². The SMILES string of the molecule is CCCCCNC(C)CCn1cncn1. The van der Waals surface area contributed by atoms with Crippen LogP contribution >= 0.6 is 0 Å². The van der Waals surface area contributed by atoms with E-state index in [2.05, 4.69) is 29.2 Å². The molecule has 0 saturated heterocycles. The van der Waals surface area contributed by atoms with Gasteiger partial charge in [-0.1, -0.05) is 19.8 Å². The molecule has 0 aliphatic heterocycles. The van der Waals surface area contributed by atoms with Crippen LogP contribution in [-0.2, 0) is 6.54 Å². The van der Waals surface area contributed by atoms with E-state index in [0.29, 0.717) is 6.04 Å². The first-order chi connectivity index (χ1) is 7.33. The summed E-state index contributed by atoms with van der Waals surface area (Å²) in [6.45, 7) is 6.53. The molecule has 0 amide bonds. The number of aromatic nitrogens is 3. The fraction of sp³-hybridized carbons (Fsp3) is 0.818. The molecule has 0 saturated carbocycles. The van der Waals surface area contributed by atoms with Gasteiger partial charge in [0.15, 0.2) is 0 Å². The Kier molecular flexibility index (Phi) is 6.00. The van der Waals surface area contributed by atoms with Crippen molar-refractivity contribution in [3.63, 3.8) is 0 Å². The van der Waals surface area contributed by atoms with Crippen LogP contribution in [0.25, 0.3) is 0 Å². The first-order valence-electron chi connectivity index (χ1n) is 5.88. The number of nitrogens with one attached hydrogen (secondary N) is 1. The summed E-state index contributed by atoms with van der Waals surface area (Å²) in [5, 5.41) is 7.59. The summed E-state index contributed by atoms with van der Waals surface area (Å²) in [6, 6.07) is 0.561. The molecule has 86 valence electrons. The van der Waals surface area contributed by atoms with E-state index in [1.54, 1.807) is 12.7 Å². The summed E-state index contributed by atoms with van der Waals surface area (Å²) in [6.07, 6.45) is 8.35. The van der Waals surface area contributed by atoms with Crippen molar-refractivity contribution in [1.82, 2.24) is 20.1 Å². The van der Waals surface area contributed by atoms with Crippen LogP contribution in [0.2, 0.25) is 0 Å². The highest BCUT2D eigenvalue weighted by molar-refractivity contribution is 4.63. The van der Waals surface area contributed by atoms with Gasteiger partial charge in [-0.05, 0) is 26.3 Å². The zero-order valence-electron chi connectivity index (χ0n) is 9.82. The standard InChI is InChI=1S/C11H22N4/c1-3-4-5-7-13-11(2)6-8-15-10-12-9-14-15/h9-11,13H,3-8H2,1-2H3. The number of rotatable bonds is 8. The summed E-state index contributed by atoms with van der Waals surface area (Å²) in [4.78, 5) is 3.92. The van der Waals surface area contributed by atoms with Gasteiger partial charge in [0.2, 0.25) is 0 Å². The predicted molar refractivity (Wildman–Crippen MR) is 61.6 cm³/mol. The van der Waals surface area contributed by atoms with Gasteiger partial charge in [0.1, 0.15) is 12.7 Å². The Hall–Kier alpha value is -0.900. The van der Waals surface area contributed by atoms with Crippen molar-refractivity contribution in [1.29, 1.82) is 0 Å². The molecule has 0 aromatic carbocycles. The topological polar surface area (TPSA) is 42.7 Å². The minimum absolute atomic E-state index is 0.561. The molecule has 1 N–H and O–H groups in total. The van der Waals surface area contributed by atoms with E-state index in [0.717, 1.165) is 19.5 Å². The lowest BCUT2D eigenvalue weighted by molar-refractivity contribution is 0.451. The van der Waals surface area contributed by atoms with Crippen LogP contribution in [0.15, 0.2) is 12.7 Å². The molecule has 0 radical (unpaired) electrons. The minimum Gasteiger partial charge on any atom is -0.314 e. The Morgan fingerprint density at radius 3 is 2.93 bits per heavy atom. The fourth-order valence-corrected chi connectivity index (χ4v) is 1.50. The molecule has 4 nitrogen and oxygen atoms in total. The van der Waals surface area contributed by atoms with Crippen LogP contribution in [0.1, 0.15) is 39.5 Å². The van der Waals surface area contributed by atoms with E-state index < -0.39 is 0 Å². The van der Waals surface area contributed by atoms with Gasteiger partial charge in [-0.2, -0.15) is 5.10 Å². The Morgan fingerprint density at radius 1 is 1.40 bits per heavy atom. The maximum absolute atomic E-state index is 4.08. The lowest BCUT2D eigenvalue weighted by Crippen LogP contribution is -2.28. The number of unbranched alkanes of at least 4 members (excludes halogenated alkanes) is 2. The van der Waals surface area contributed by atoms with Crippen LogP contribution in [0, 0.1) is 0 Å². The van der Waals surface area contributed by atoms with Gasteiger partial charge >= 0.3 is 0 Å². The molecule has 4 heteroatoms. The molecule has 1 heterocycles. The molecule has 0 spiro atoms. The molecule has 1 aromatic heterocycles. The molecule has 1 rings (SSSR count). The van der Waals surface area contributed by atoms with Crippen LogP contribution in [0.4, 0.5) is 0 Å². The summed E-state index contributed by atoms with van der Waals surface area (Å²) < 4.78 is 1.88. The smallest absolute Gasteiger partial charge is 0.137 e. The first-order valence-corrected chi connectivity index (χ1v) is 5.88. The lowest BCUT2D eigenvalue weighted by atomic mass is 10.2. The second-order valence-corrected chi connectivity index (χ2v) is 4.01. The van der Waals surface area contributed by atoms with E-state index >= 15 is 0 Å². The molecule has 0 aliphatic rings. The van der Waals surface area contributed by atoms with Crippen molar-refractivity contribution in [2.24, 2.45) is 0 Å². The van der Waals surface area contributed by atoms with Crippen molar-refractivity contribution in [3.05, 3.63) is 12.7 Å². The molecule has 1 atom stereocenters. The number of aryl methyl sites for hydroxylation is 1. The van der Waals surface area contributed by atoms with E-state index in [1.807, 2.05) is 4.68 Å². The summed E-state index contributed by atoms with van der Waals surface area (Å²) in [5.41, 5.74) is 0. The third-order valence-electron chi connectivity index (χ3n) is 2.53. The molecule has 0 fully saturated rings. The van der Waals surface area contributed by atoms with Gasteiger partial charge < -0.3 is 5.32 Å². The van der Waals surface area contributed by atoms with Gasteiger partial charge in [-0.25, -0.2) is 4.98 Å². The van der Waals surface area contributed by atoms with Crippen molar-refractivity contribution in [3.8, 4) is 0 Å². The Bertz CT molecular complexity index is 233. The van der Waals surface area contributed by atoms with Crippen molar-refractivity contribution < 1.29 is 0 Å². The zero-order chi connectivity index (χ0) is 10.9. The van der Waals surface area contributed by atoms with Gasteiger partial charge in [0.05, 0.1) is 0 Å². The number of nitrogens with zero attached hydrogens (tertiary/aromatic N) is 3. The number of hydrogen-bond acceptors (Lipinski definition) is 3. The second kappa shape index (κ2) is 7.40. The molecule has 15 heavy (non-hydrogen) atoms. The Balaban J connectivity index is 2.01. The predicted octanol–water partition coefficient (Wildman–Crippen LogP) is 1.84. The molecular weight excluding hydrogens is 188 g/mol. The molecular formula is C11H22N4. The third-order valence-corrected chi connectivity index (χ3v) is 2.53. The van der Waals surface area contributed by atoms with Crippen molar-refractivity contribution in [2.45, 2.75) is 52.1 Å². The monoisotopic (exact) mass is 210 g/mol. The normalized spacial score (nSPS) is 12.9. The zero-order valence-corrected chi connectivity index (χ0v) is 9.82. The van der Waals surface area contributed by atoms with E-state index in [9.17, 15) is 0 Å². The van der Waals surface area contributed by atoms with Crippen LogP contribution in [0.5, 0.6) is 0 Å². The maximum atomic E-state index is 4.08. The average Bonchev–Trinajstić information content (AvgIpc) is 2.74. The largest absolute Gasteiger partial charge is 0.314 e. The summed E-state index contributed by atoms with van der Waals surface area (Å²) in [7, 11) is 0. The highest BCUT2D eigenvalue weighted by Gasteiger charge is 2.01. The van der Waals surface area contributed by atoms with Crippen LogP contribution < -0.4 is 5.32 Å². The summed E-state index contributed by atoms with van der Waals surface area (Å²) >= 11 is 0. The Labute approximate surface area is 92.1 Å². The average molecular weight is 210 g/mol. The lowest BCUT2D eigenvalue weighted by Gasteiger charge is -2.13. The van der Waals surface area contributed by atoms with E-state index in [1.165, 1.54) is 19.3 Å². The summed E-state index contributed by atoms with van der Waals surface area (Å²) in [5.74, 6) is 0. The van der Waals surface area contributed by atoms with Crippen molar-refractivity contribution in [2.75, 3.05) is 6.54 Å². The molecule has 0 aliphatic carbocycles. The second-order valence-electron chi connectivity index (χ2n) is 4.01. The highest BCUT2D eigenvalue weighted by atomic mass is 15.3. The third kappa shape index (κ3) is 5.52. The number of hydrogen-bond donors (Lipinski definition) is 1.